The fourth-order valence-corrected chi connectivity index (χ4v) is 4.76. The summed E-state index contributed by atoms with van der Waals surface area (Å²) in [5.74, 6) is -3.99. The van der Waals surface area contributed by atoms with Crippen LogP contribution in [0.25, 0.3) is 0 Å². The Morgan fingerprint density at radius 2 is 1.71 bits per heavy atom. The SMILES string of the molecule is Cc1cc(N2CCC(F)(F)CC2)nc(NC(=O)c2ccc(I)cc2N2CCC(=C(F)F)CC2)c1F. The zero-order valence-corrected chi connectivity index (χ0v) is 21.1. The summed E-state index contributed by atoms with van der Waals surface area (Å²) in [6.45, 7) is 2.32. The Morgan fingerprint density at radius 3 is 2.34 bits per heavy atom. The Hall–Kier alpha value is -2.44. The molecule has 35 heavy (non-hydrogen) atoms. The molecule has 0 spiro atoms. The molecule has 0 atom stereocenters. The third-order valence-electron chi connectivity index (χ3n) is 6.36. The average Bonchev–Trinajstić information content (AvgIpc) is 2.81. The Balaban J connectivity index is 1.58. The number of benzene rings is 1. The van der Waals surface area contributed by atoms with Gasteiger partial charge in [-0.25, -0.2) is 18.2 Å². The third kappa shape index (κ3) is 5.87. The van der Waals surface area contributed by atoms with Gasteiger partial charge in [0.2, 0.25) is 0 Å². The first-order valence-corrected chi connectivity index (χ1v) is 12.3. The molecule has 0 aliphatic carbocycles. The minimum absolute atomic E-state index is 0.0740. The topological polar surface area (TPSA) is 48.5 Å². The largest absolute Gasteiger partial charge is 0.370 e. The van der Waals surface area contributed by atoms with E-state index in [1.54, 1.807) is 23.1 Å². The van der Waals surface area contributed by atoms with Gasteiger partial charge >= 0.3 is 0 Å². The maximum absolute atomic E-state index is 14.9. The molecule has 0 saturated carbocycles. The fraction of sp³-hybridized carbons (Fsp3) is 0.417. The second kappa shape index (κ2) is 10.3. The van der Waals surface area contributed by atoms with Crippen molar-refractivity contribution < 1.29 is 26.7 Å². The summed E-state index contributed by atoms with van der Waals surface area (Å²) in [7, 11) is 0. The van der Waals surface area contributed by atoms with E-state index in [4.69, 9.17) is 0 Å². The molecule has 0 unspecified atom stereocenters. The van der Waals surface area contributed by atoms with Crippen LogP contribution in [0.4, 0.5) is 39.3 Å². The number of aromatic nitrogens is 1. The first-order chi connectivity index (χ1) is 16.5. The van der Waals surface area contributed by atoms with E-state index >= 15 is 0 Å². The van der Waals surface area contributed by atoms with E-state index in [1.165, 1.54) is 13.0 Å². The van der Waals surface area contributed by atoms with E-state index in [1.807, 2.05) is 4.90 Å². The molecule has 0 bridgehead atoms. The number of nitrogens with zero attached hydrogens (tertiary/aromatic N) is 3. The zero-order chi connectivity index (χ0) is 25.3. The maximum atomic E-state index is 14.9. The van der Waals surface area contributed by atoms with Crippen LogP contribution < -0.4 is 15.1 Å². The van der Waals surface area contributed by atoms with Gasteiger partial charge < -0.3 is 15.1 Å². The Bertz CT molecular complexity index is 1150. The van der Waals surface area contributed by atoms with Crippen LogP contribution in [0.3, 0.4) is 0 Å². The molecule has 2 aliphatic heterocycles. The van der Waals surface area contributed by atoms with Gasteiger partial charge in [-0.2, -0.15) is 8.78 Å². The molecule has 3 heterocycles. The lowest BCUT2D eigenvalue weighted by atomic mass is 10.0. The predicted octanol–water partition coefficient (Wildman–Crippen LogP) is 6.37. The lowest BCUT2D eigenvalue weighted by Gasteiger charge is -2.33. The summed E-state index contributed by atoms with van der Waals surface area (Å²) < 4.78 is 68.7. The third-order valence-corrected chi connectivity index (χ3v) is 7.03. The van der Waals surface area contributed by atoms with Gasteiger partial charge in [0.1, 0.15) is 5.82 Å². The van der Waals surface area contributed by atoms with Crippen LogP contribution in [0.1, 0.15) is 41.6 Å². The van der Waals surface area contributed by atoms with Crippen molar-refractivity contribution in [1.82, 2.24) is 4.98 Å². The number of carbonyl (C=O) groups is 1. The van der Waals surface area contributed by atoms with E-state index < -0.39 is 23.7 Å². The van der Waals surface area contributed by atoms with E-state index in [2.05, 4.69) is 32.9 Å². The molecule has 2 saturated heterocycles. The van der Waals surface area contributed by atoms with Crippen molar-refractivity contribution in [3.63, 3.8) is 0 Å². The molecule has 2 aliphatic rings. The Labute approximate surface area is 213 Å². The summed E-state index contributed by atoms with van der Waals surface area (Å²) in [5, 5.41) is 2.53. The molecular formula is C24H24F5IN4O. The van der Waals surface area contributed by atoms with Crippen molar-refractivity contribution in [1.29, 1.82) is 0 Å². The number of nitrogens with one attached hydrogen (secondary N) is 1. The van der Waals surface area contributed by atoms with E-state index in [-0.39, 0.29) is 61.3 Å². The van der Waals surface area contributed by atoms with Crippen LogP contribution >= 0.6 is 22.6 Å². The molecule has 1 amide bonds. The number of pyridine rings is 1. The highest BCUT2D eigenvalue weighted by Gasteiger charge is 2.34. The number of hydrogen-bond donors (Lipinski definition) is 1. The number of alkyl halides is 2. The van der Waals surface area contributed by atoms with E-state index in [9.17, 15) is 26.7 Å². The first kappa shape index (κ1) is 25.6. The van der Waals surface area contributed by atoms with Gasteiger partial charge in [-0.3, -0.25) is 4.79 Å². The number of carbonyl (C=O) groups excluding carboxylic acids is 1. The molecule has 1 N–H and O–H groups in total. The van der Waals surface area contributed by atoms with Gasteiger partial charge in [-0.05, 0) is 77.8 Å². The van der Waals surface area contributed by atoms with Crippen LogP contribution in [-0.4, -0.2) is 43.0 Å². The van der Waals surface area contributed by atoms with Crippen molar-refractivity contribution >= 4 is 45.8 Å². The summed E-state index contributed by atoms with van der Waals surface area (Å²) in [6.07, 6.45) is -1.91. The molecule has 2 fully saturated rings. The van der Waals surface area contributed by atoms with Crippen molar-refractivity contribution in [3.05, 3.63) is 56.4 Å². The highest BCUT2D eigenvalue weighted by Crippen LogP contribution is 2.33. The number of halogens is 6. The van der Waals surface area contributed by atoms with Crippen LogP contribution in [0.2, 0.25) is 0 Å². The van der Waals surface area contributed by atoms with Gasteiger partial charge in [0.05, 0.1) is 11.3 Å². The van der Waals surface area contributed by atoms with E-state index in [0.717, 1.165) is 3.57 Å². The van der Waals surface area contributed by atoms with Crippen LogP contribution in [0, 0.1) is 16.3 Å². The Kier molecular flexibility index (Phi) is 7.53. The maximum Gasteiger partial charge on any atom is 0.269 e. The molecule has 188 valence electrons. The van der Waals surface area contributed by atoms with Crippen molar-refractivity contribution in [3.8, 4) is 0 Å². The average molecular weight is 606 g/mol. The first-order valence-electron chi connectivity index (χ1n) is 11.2. The number of amides is 1. The molecule has 4 rings (SSSR count). The lowest BCUT2D eigenvalue weighted by Crippen LogP contribution is -2.40. The molecule has 1 aromatic heterocycles. The smallest absolute Gasteiger partial charge is 0.269 e. The van der Waals surface area contributed by atoms with Crippen molar-refractivity contribution in [2.24, 2.45) is 0 Å². The summed E-state index contributed by atoms with van der Waals surface area (Å²) in [6, 6.07) is 6.60. The molecule has 0 radical (unpaired) electrons. The molecule has 1 aromatic carbocycles. The summed E-state index contributed by atoms with van der Waals surface area (Å²) in [4.78, 5) is 21.0. The second-order valence-electron chi connectivity index (χ2n) is 8.77. The zero-order valence-electron chi connectivity index (χ0n) is 19.0. The standard InChI is InChI=1S/C24H24F5IN4O/c1-14-12-19(34-10-6-24(28,29)7-11-34)31-22(20(14)25)32-23(35)17-3-2-16(30)13-18(17)33-8-4-15(5-9-33)21(26)27/h2-3,12-13H,4-11H2,1H3,(H,31,32,35). The van der Waals surface area contributed by atoms with Crippen LogP contribution in [0.15, 0.2) is 35.9 Å². The molecule has 5 nitrogen and oxygen atoms in total. The highest BCUT2D eigenvalue weighted by molar-refractivity contribution is 14.1. The predicted molar refractivity (Wildman–Crippen MR) is 133 cm³/mol. The van der Waals surface area contributed by atoms with Crippen LogP contribution in [-0.2, 0) is 0 Å². The van der Waals surface area contributed by atoms with Crippen LogP contribution in [0.5, 0.6) is 0 Å². The number of aryl methyl sites for hydroxylation is 1. The number of piperidine rings is 2. The lowest BCUT2D eigenvalue weighted by molar-refractivity contribution is -0.0221. The van der Waals surface area contributed by atoms with E-state index in [0.29, 0.717) is 24.6 Å². The fourth-order valence-electron chi connectivity index (χ4n) is 4.29. The van der Waals surface area contributed by atoms with Crippen molar-refractivity contribution in [2.45, 2.75) is 38.5 Å². The van der Waals surface area contributed by atoms with Gasteiger partial charge in [-0.1, -0.05) is 0 Å². The van der Waals surface area contributed by atoms with Crippen molar-refractivity contribution in [2.75, 3.05) is 41.3 Å². The number of hydrogen-bond acceptors (Lipinski definition) is 4. The minimum atomic E-state index is -2.73. The molecule has 11 heteroatoms. The Morgan fingerprint density at radius 1 is 1.06 bits per heavy atom. The number of rotatable bonds is 4. The monoisotopic (exact) mass is 606 g/mol. The van der Waals surface area contributed by atoms with Gasteiger partial charge in [-0.15, -0.1) is 0 Å². The highest BCUT2D eigenvalue weighted by atomic mass is 127. The normalized spacial score (nSPS) is 18.0. The molecule has 2 aromatic rings. The number of anilines is 3. The van der Waals surface area contributed by atoms with Gasteiger partial charge in [0.25, 0.3) is 17.9 Å². The molecular weight excluding hydrogens is 582 g/mol. The second-order valence-corrected chi connectivity index (χ2v) is 10.0. The summed E-state index contributed by atoms with van der Waals surface area (Å²) in [5.41, 5.74) is 1.18. The summed E-state index contributed by atoms with van der Waals surface area (Å²) >= 11 is 2.10. The quantitative estimate of drug-likeness (QED) is 0.325. The van der Waals surface area contributed by atoms with Gasteiger partial charge in [0, 0.05) is 42.6 Å². The minimum Gasteiger partial charge on any atom is -0.370 e. The van der Waals surface area contributed by atoms with Gasteiger partial charge in [0.15, 0.2) is 11.6 Å².